The van der Waals surface area contributed by atoms with Crippen LogP contribution in [0.15, 0.2) is 24.3 Å². The van der Waals surface area contributed by atoms with Crippen LogP contribution in [0.3, 0.4) is 0 Å². The fraction of sp³-hybridized carbons (Fsp3) is 0.333. The lowest BCUT2D eigenvalue weighted by Gasteiger charge is -2.26. The fourth-order valence-corrected chi connectivity index (χ4v) is 2.40. The molecule has 1 aliphatic rings. The summed E-state index contributed by atoms with van der Waals surface area (Å²) >= 11 is 0. The molecule has 1 aromatic heterocycles. The highest BCUT2D eigenvalue weighted by atomic mass is 16.3. The summed E-state index contributed by atoms with van der Waals surface area (Å²) in [5, 5.41) is 11.2. The summed E-state index contributed by atoms with van der Waals surface area (Å²) in [5.74, 6) is 0. The van der Waals surface area contributed by atoms with E-state index in [1.165, 1.54) is 10.9 Å². The first-order valence-corrected chi connectivity index (χ1v) is 5.22. The average Bonchev–Trinajstić information content (AvgIpc) is 2.57. The Morgan fingerprint density at radius 1 is 1.40 bits per heavy atom. The molecular formula is C12H14N2O. The lowest BCUT2D eigenvalue weighted by molar-refractivity contribution is 0.105. The highest BCUT2D eigenvalue weighted by molar-refractivity contribution is 5.84. The zero-order valence-electron chi connectivity index (χ0n) is 8.70. The molecule has 15 heavy (non-hydrogen) atoms. The molecule has 1 aromatic carbocycles. The van der Waals surface area contributed by atoms with Gasteiger partial charge in [-0.15, -0.1) is 0 Å². The van der Waals surface area contributed by atoms with Crippen LogP contribution in [-0.2, 0) is 6.54 Å². The van der Waals surface area contributed by atoms with Gasteiger partial charge in [0.05, 0.1) is 5.69 Å². The van der Waals surface area contributed by atoms with Crippen LogP contribution in [0, 0.1) is 0 Å². The summed E-state index contributed by atoms with van der Waals surface area (Å²) in [5.41, 5.74) is 3.36. The molecule has 3 nitrogen and oxygen atoms in total. The van der Waals surface area contributed by atoms with E-state index in [0.717, 1.165) is 17.8 Å². The summed E-state index contributed by atoms with van der Waals surface area (Å²) in [6, 6.07) is 8.22. The molecule has 2 N–H and O–H groups in total. The monoisotopic (exact) mass is 202 g/mol. The fourth-order valence-electron chi connectivity index (χ4n) is 2.40. The highest BCUT2D eigenvalue weighted by Crippen LogP contribution is 2.31. The molecule has 1 unspecified atom stereocenters. The summed E-state index contributed by atoms with van der Waals surface area (Å²) in [7, 11) is 2.04. The van der Waals surface area contributed by atoms with Crippen molar-refractivity contribution in [2.45, 2.75) is 12.6 Å². The van der Waals surface area contributed by atoms with Crippen LogP contribution in [0.25, 0.3) is 10.9 Å². The number of H-pyrrole nitrogens is 1. The third-order valence-electron chi connectivity index (χ3n) is 3.09. The molecule has 0 saturated carbocycles. The van der Waals surface area contributed by atoms with Crippen molar-refractivity contribution in [2.24, 2.45) is 0 Å². The first-order valence-electron chi connectivity index (χ1n) is 5.22. The van der Waals surface area contributed by atoms with Crippen LogP contribution in [0.2, 0.25) is 0 Å². The van der Waals surface area contributed by atoms with Crippen LogP contribution >= 0.6 is 0 Å². The number of aliphatic hydroxyl groups is 1. The molecule has 1 atom stereocenters. The number of aliphatic hydroxyl groups excluding tert-OH is 1. The van der Waals surface area contributed by atoms with Gasteiger partial charge in [-0.1, -0.05) is 18.2 Å². The van der Waals surface area contributed by atoms with Crippen molar-refractivity contribution in [1.82, 2.24) is 9.88 Å². The SMILES string of the molecule is CN1Cc2c([nH]c3ccccc23)C(O)C1. The van der Waals surface area contributed by atoms with Crippen LogP contribution in [0.4, 0.5) is 0 Å². The smallest absolute Gasteiger partial charge is 0.107 e. The Labute approximate surface area is 88.3 Å². The number of para-hydroxylation sites is 1. The maximum atomic E-state index is 9.96. The van der Waals surface area contributed by atoms with E-state index in [2.05, 4.69) is 22.0 Å². The van der Waals surface area contributed by atoms with Crippen molar-refractivity contribution >= 4 is 10.9 Å². The second-order valence-corrected chi connectivity index (χ2v) is 4.28. The largest absolute Gasteiger partial charge is 0.386 e. The minimum absolute atomic E-state index is 0.383. The number of rotatable bonds is 0. The Kier molecular flexibility index (Phi) is 1.84. The van der Waals surface area contributed by atoms with Crippen LogP contribution < -0.4 is 0 Å². The van der Waals surface area contributed by atoms with E-state index in [-0.39, 0.29) is 6.10 Å². The minimum Gasteiger partial charge on any atom is -0.386 e. The molecule has 2 aromatic rings. The van der Waals surface area contributed by atoms with Crippen LogP contribution in [-0.4, -0.2) is 28.6 Å². The topological polar surface area (TPSA) is 39.3 Å². The van der Waals surface area contributed by atoms with Gasteiger partial charge in [0.1, 0.15) is 6.10 Å². The number of aromatic nitrogens is 1. The number of β-amino-alcohol motifs (C(OH)–C–C–N with tert-alkyl or cyclic N) is 1. The lowest BCUT2D eigenvalue weighted by atomic mass is 10.0. The van der Waals surface area contributed by atoms with E-state index in [9.17, 15) is 5.11 Å². The van der Waals surface area contributed by atoms with E-state index in [0.29, 0.717) is 6.54 Å². The van der Waals surface area contributed by atoms with E-state index < -0.39 is 0 Å². The molecule has 0 spiro atoms. The molecule has 3 heteroatoms. The maximum absolute atomic E-state index is 9.96. The molecule has 0 radical (unpaired) electrons. The van der Waals surface area contributed by atoms with Crippen LogP contribution in [0.1, 0.15) is 17.4 Å². The Bertz CT molecular complexity index is 503. The molecule has 0 saturated heterocycles. The number of likely N-dealkylation sites (N-methyl/N-ethyl adjacent to an activating group) is 1. The van der Waals surface area contributed by atoms with Crippen molar-refractivity contribution in [3.05, 3.63) is 35.5 Å². The molecule has 0 aliphatic carbocycles. The van der Waals surface area contributed by atoms with Crippen molar-refractivity contribution in [2.75, 3.05) is 13.6 Å². The molecule has 1 aliphatic heterocycles. The summed E-state index contributed by atoms with van der Waals surface area (Å²) in [6.07, 6.45) is -0.383. The van der Waals surface area contributed by atoms with Gasteiger partial charge in [-0.2, -0.15) is 0 Å². The van der Waals surface area contributed by atoms with Crippen molar-refractivity contribution in [1.29, 1.82) is 0 Å². The third-order valence-corrected chi connectivity index (χ3v) is 3.09. The summed E-state index contributed by atoms with van der Waals surface area (Å²) in [6.45, 7) is 1.62. The molecule has 3 rings (SSSR count). The molecule has 0 amide bonds. The van der Waals surface area contributed by atoms with E-state index >= 15 is 0 Å². The number of benzene rings is 1. The van der Waals surface area contributed by atoms with Gasteiger partial charge < -0.3 is 10.1 Å². The molecule has 78 valence electrons. The molecule has 0 bridgehead atoms. The van der Waals surface area contributed by atoms with Gasteiger partial charge in [-0.25, -0.2) is 0 Å². The predicted octanol–water partition coefficient (Wildman–Crippen LogP) is 1.65. The number of hydrogen-bond donors (Lipinski definition) is 2. The van der Waals surface area contributed by atoms with Gasteiger partial charge in [0.15, 0.2) is 0 Å². The van der Waals surface area contributed by atoms with Crippen molar-refractivity contribution in [3.8, 4) is 0 Å². The summed E-state index contributed by atoms with van der Waals surface area (Å²) < 4.78 is 0. The second kappa shape index (κ2) is 3.08. The van der Waals surface area contributed by atoms with Gasteiger partial charge >= 0.3 is 0 Å². The van der Waals surface area contributed by atoms with Crippen LogP contribution in [0.5, 0.6) is 0 Å². The first kappa shape index (κ1) is 8.95. The Hall–Kier alpha value is -1.32. The number of nitrogens with zero attached hydrogens (tertiary/aromatic N) is 1. The van der Waals surface area contributed by atoms with Gasteiger partial charge in [0, 0.05) is 24.0 Å². The zero-order valence-corrected chi connectivity index (χ0v) is 8.70. The Morgan fingerprint density at radius 2 is 2.20 bits per heavy atom. The normalized spacial score (nSPS) is 21.9. The van der Waals surface area contributed by atoms with Crippen molar-refractivity contribution in [3.63, 3.8) is 0 Å². The Balaban J connectivity index is 2.27. The van der Waals surface area contributed by atoms with Gasteiger partial charge in [-0.3, -0.25) is 4.90 Å². The van der Waals surface area contributed by atoms with E-state index in [1.807, 2.05) is 19.2 Å². The summed E-state index contributed by atoms with van der Waals surface area (Å²) in [4.78, 5) is 5.46. The number of aromatic amines is 1. The predicted molar refractivity (Wildman–Crippen MR) is 59.6 cm³/mol. The van der Waals surface area contributed by atoms with E-state index in [4.69, 9.17) is 0 Å². The minimum atomic E-state index is -0.383. The molecular weight excluding hydrogens is 188 g/mol. The standard InChI is InChI=1S/C12H14N2O/c1-14-6-9-8-4-2-3-5-10(8)13-12(9)11(15)7-14/h2-5,11,13,15H,6-7H2,1H3. The quantitative estimate of drug-likeness (QED) is 0.681. The zero-order chi connectivity index (χ0) is 10.4. The maximum Gasteiger partial charge on any atom is 0.107 e. The van der Waals surface area contributed by atoms with Crippen molar-refractivity contribution < 1.29 is 5.11 Å². The van der Waals surface area contributed by atoms with Gasteiger partial charge in [-0.05, 0) is 18.7 Å². The lowest BCUT2D eigenvalue weighted by Crippen LogP contribution is -2.29. The number of hydrogen-bond acceptors (Lipinski definition) is 2. The first-order chi connectivity index (χ1) is 7.25. The number of nitrogens with one attached hydrogen (secondary N) is 1. The average molecular weight is 202 g/mol. The Morgan fingerprint density at radius 3 is 3.07 bits per heavy atom. The molecule has 0 fully saturated rings. The second-order valence-electron chi connectivity index (χ2n) is 4.28. The number of fused-ring (bicyclic) bond motifs is 3. The van der Waals surface area contributed by atoms with Gasteiger partial charge in [0.2, 0.25) is 0 Å². The van der Waals surface area contributed by atoms with Gasteiger partial charge in [0.25, 0.3) is 0 Å². The highest BCUT2D eigenvalue weighted by Gasteiger charge is 2.24. The third kappa shape index (κ3) is 1.28. The molecule has 2 heterocycles. The van der Waals surface area contributed by atoms with E-state index in [1.54, 1.807) is 0 Å².